The predicted molar refractivity (Wildman–Crippen MR) is 48.9 cm³/mol. The Bertz CT molecular complexity index is 217. The van der Waals surface area contributed by atoms with Crippen LogP contribution in [-0.4, -0.2) is 44.3 Å². The van der Waals surface area contributed by atoms with Crippen molar-refractivity contribution < 1.29 is 24.4 Å². The monoisotopic (exact) mass is 229 g/mol. The van der Waals surface area contributed by atoms with Crippen molar-refractivity contribution in [3.63, 3.8) is 0 Å². The summed E-state index contributed by atoms with van der Waals surface area (Å²) in [7, 11) is -4.02. The van der Waals surface area contributed by atoms with E-state index >= 15 is 0 Å². The van der Waals surface area contributed by atoms with E-state index in [1.807, 2.05) is 0 Å². The number of thioether (sulfide) groups is 1. The minimum atomic E-state index is -4.02. The van der Waals surface area contributed by atoms with Gasteiger partial charge >= 0.3 is 12.8 Å². The molecule has 0 saturated carbocycles. The van der Waals surface area contributed by atoms with Gasteiger partial charge in [0, 0.05) is 6.54 Å². The van der Waals surface area contributed by atoms with E-state index in [0.29, 0.717) is 5.06 Å². The molecule has 13 heavy (non-hydrogen) atoms. The highest BCUT2D eigenvalue weighted by atomic mass is 32.2. The lowest BCUT2D eigenvalue weighted by Gasteiger charge is -2.12. The average molecular weight is 229 g/mol. The first-order valence-corrected chi connectivity index (χ1v) is 6.48. The molecule has 0 rings (SSSR count). The van der Waals surface area contributed by atoms with E-state index in [4.69, 9.17) is 15.0 Å². The summed E-state index contributed by atoms with van der Waals surface area (Å²) in [6, 6.07) is 0. The van der Waals surface area contributed by atoms with Gasteiger partial charge in [0.1, 0.15) is 0 Å². The second kappa shape index (κ2) is 5.62. The number of carbonyl (C=O) groups is 1. The topological polar surface area (TPSA) is 98.1 Å². The van der Waals surface area contributed by atoms with Crippen LogP contribution in [0.2, 0.25) is 0 Å². The van der Waals surface area contributed by atoms with Crippen molar-refractivity contribution >= 4 is 24.6 Å². The van der Waals surface area contributed by atoms with E-state index in [1.165, 1.54) is 6.26 Å². The number of amides is 1. The molecule has 6 nitrogen and oxygen atoms in total. The van der Waals surface area contributed by atoms with Crippen LogP contribution in [0.1, 0.15) is 6.42 Å². The summed E-state index contributed by atoms with van der Waals surface area (Å²) in [5, 5.41) is 8.83. The van der Waals surface area contributed by atoms with Gasteiger partial charge in [-0.25, -0.2) is 5.06 Å². The van der Waals surface area contributed by atoms with Crippen LogP contribution in [0.4, 0.5) is 4.79 Å². The van der Waals surface area contributed by atoms with Crippen molar-refractivity contribution in [2.24, 2.45) is 0 Å². The van der Waals surface area contributed by atoms with Crippen molar-refractivity contribution in [3.8, 4) is 0 Å². The zero-order chi connectivity index (χ0) is 10.5. The van der Waals surface area contributed by atoms with Crippen molar-refractivity contribution in [1.82, 2.24) is 5.06 Å². The lowest BCUT2D eigenvalue weighted by Crippen LogP contribution is -2.24. The molecule has 0 spiro atoms. The summed E-state index contributed by atoms with van der Waals surface area (Å²) in [5.74, 6) is 0. The molecule has 0 aromatic carbocycles. The Hall–Kier alpha value is -0.0700. The second-order valence-corrected chi connectivity index (χ2v) is 4.87. The minimum absolute atomic E-state index is 0.0647. The SMILES string of the molecule is CSC(=O)N(O)CCCP(=O)(O)O. The van der Waals surface area contributed by atoms with Gasteiger partial charge < -0.3 is 9.79 Å². The normalized spacial score (nSPS) is 11.4. The molecule has 0 heterocycles. The minimum Gasteiger partial charge on any atom is -0.324 e. The summed E-state index contributed by atoms with van der Waals surface area (Å²) in [6.45, 7) is -0.0647. The summed E-state index contributed by atoms with van der Waals surface area (Å²) < 4.78 is 10.4. The molecule has 0 aliphatic carbocycles. The maximum absolute atomic E-state index is 10.7. The highest BCUT2D eigenvalue weighted by molar-refractivity contribution is 8.12. The van der Waals surface area contributed by atoms with Gasteiger partial charge in [-0.1, -0.05) is 11.8 Å². The zero-order valence-corrected chi connectivity index (χ0v) is 8.79. The molecule has 0 aromatic heterocycles. The van der Waals surface area contributed by atoms with E-state index in [-0.39, 0.29) is 19.1 Å². The lowest BCUT2D eigenvalue weighted by atomic mass is 10.5. The van der Waals surface area contributed by atoms with Crippen LogP contribution in [0.15, 0.2) is 0 Å². The van der Waals surface area contributed by atoms with Crippen molar-refractivity contribution in [3.05, 3.63) is 0 Å². The van der Waals surface area contributed by atoms with Crippen LogP contribution in [0.5, 0.6) is 0 Å². The fourth-order valence-corrected chi connectivity index (χ4v) is 1.48. The van der Waals surface area contributed by atoms with Crippen LogP contribution < -0.4 is 0 Å². The van der Waals surface area contributed by atoms with E-state index in [9.17, 15) is 9.36 Å². The van der Waals surface area contributed by atoms with E-state index < -0.39 is 12.8 Å². The number of hydrogen-bond acceptors (Lipinski definition) is 4. The summed E-state index contributed by atoms with van der Waals surface area (Å²) in [4.78, 5) is 27.6. The molecule has 8 heteroatoms. The van der Waals surface area contributed by atoms with Gasteiger partial charge in [-0.3, -0.25) is 14.6 Å². The maximum Gasteiger partial charge on any atom is 0.325 e. The van der Waals surface area contributed by atoms with Gasteiger partial charge in [-0.2, -0.15) is 0 Å². The molecule has 0 atom stereocenters. The van der Waals surface area contributed by atoms with E-state index in [0.717, 1.165) is 11.8 Å². The Balaban J connectivity index is 3.66. The first-order valence-electron chi connectivity index (χ1n) is 3.46. The van der Waals surface area contributed by atoms with Gasteiger partial charge in [0.05, 0.1) is 6.16 Å². The molecule has 0 unspecified atom stereocenters. The molecular weight excluding hydrogens is 217 g/mol. The fourth-order valence-electron chi connectivity index (χ4n) is 0.623. The van der Waals surface area contributed by atoms with Gasteiger partial charge in [0.2, 0.25) is 0 Å². The number of rotatable bonds is 4. The molecule has 0 bridgehead atoms. The quantitative estimate of drug-likeness (QED) is 0.373. The third-order valence-electron chi connectivity index (χ3n) is 1.20. The Kier molecular flexibility index (Phi) is 5.59. The maximum atomic E-state index is 10.7. The molecule has 0 aliphatic rings. The smallest absolute Gasteiger partial charge is 0.324 e. The standard InChI is InChI=1S/C5H12NO5PS/c1-13-5(7)6(8)3-2-4-12(9,10)11/h8H,2-4H2,1H3,(H2,9,10,11). The van der Waals surface area contributed by atoms with Crippen LogP contribution >= 0.6 is 19.4 Å². The van der Waals surface area contributed by atoms with Gasteiger partial charge in [-0.15, -0.1) is 0 Å². The van der Waals surface area contributed by atoms with Crippen LogP contribution in [0.3, 0.4) is 0 Å². The number of hydrogen-bond donors (Lipinski definition) is 3. The number of hydroxylamine groups is 2. The largest absolute Gasteiger partial charge is 0.325 e. The molecule has 1 amide bonds. The number of carbonyl (C=O) groups excluding carboxylic acids is 1. The molecule has 0 radical (unpaired) electrons. The summed E-state index contributed by atoms with van der Waals surface area (Å²) >= 11 is 0.834. The van der Waals surface area contributed by atoms with Crippen molar-refractivity contribution in [2.45, 2.75) is 6.42 Å². The first kappa shape index (κ1) is 12.9. The predicted octanol–water partition coefficient (Wildman–Crippen LogP) is 0.728. The average Bonchev–Trinajstić information content (AvgIpc) is 2.00. The third-order valence-corrected chi connectivity index (χ3v) is 2.66. The molecule has 78 valence electrons. The lowest BCUT2D eigenvalue weighted by molar-refractivity contribution is -0.0309. The molecular formula is C5H12NO5PS. The van der Waals surface area contributed by atoms with Gasteiger partial charge in [-0.05, 0) is 12.7 Å². The Morgan fingerprint density at radius 1 is 1.54 bits per heavy atom. The molecule has 0 aliphatic heterocycles. The molecule has 0 saturated heterocycles. The third kappa shape index (κ3) is 7.04. The number of nitrogens with zero attached hydrogens (tertiary/aromatic N) is 1. The van der Waals surface area contributed by atoms with Crippen LogP contribution in [0, 0.1) is 0 Å². The summed E-state index contributed by atoms with van der Waals surface area (Å²) in [5.41, 5.74) is 0. The van der Waals surface area contributed by atoms with Crippen molar-refractivity contribution in [2.75, 3.05) is 19.0 Å². The highest BCUT2D eigenvalue weighted by Gasteiger charge is 2.14. The second-order valence-electron chi connectivity index (χ2n) is 2.34. The fraction of sp³-hybridized carbons (Fsp3) is 0.800. The molecule has 0 aromatic rings. The van der Waals surface area contributed by atoms with Crippen molar-refractivity contribution in [1.29, 1.82) is 0 Å². The molecule has 0 fully saturated rings. The zero-order valence-electron chi connectivity index (χ0n) is 7.08. The Morgan fingerprint density at radius 3 is 2.46 bits per heavy atom. The summed E-state index contributed by atoms with van der Waals surface area (Å²) in [6.07, 6.45) is 1.26. The first-order chi connectivity index (χ1) is 5.87. The Labute approximate surface area is 80.0 Å². The van der Waals surface area contributed by atoms with Crippen LogP contribution in [-0.2, 0) is 4.57 Å². The van der Waals surface area contributed by atoms with Crippen LogP contribution in [0.25, 0.3) is 0 Å². The van der Waals surface area contributed by atoms with E-state index in [2.05, 4.69) is 0 Å². The van der Waals surface area contributed by atoms with Gasteiger partial charge in [0.25, 0.3) is 0 Å². The Morgan fingerprint density at radius 2 is 2.08 bits per heavy atom. The highest BCUT2D eigenvalue weighted by Crippen LogP contribution is 2.34. The molecule has 3 N–H and O–H groups in total. The van der Waals surface area contributed by atoms with E-state index in [1.54, 1.807) is 0 Å². The van der Waals surface area contributed by atoms with Gasteiger partial charge in [0.15, 0.2) is 0 Å².